The summed E-state index contributed by atoms with van der Waals surface area (Å²) >= 11 is 0. The highest BCUT2D eigenvalue weighted by Crippen LogP contribution is 2.36. The molecule has 0 saturated carbocycles. The van der Waals surface area contributed by atoms with Crippen LogP contribution < -0.4 is 15.4 Å². The molecule has 4 rings (SSSR count). The molecule has 0 bridgehead atoms. The number of hydrogen-bond acceptors (Lipinski definition) is 10. The minimum absolute atomic E-state index is 0.0626. The van der Waals surface area contributed by atoms with Gasteiger partial charge in [0.25, 0.3) is 0 Å². The van der Waals surface area contributed by atoms with E-state index >= 15 is 0 Å². The lowest BCUT2D eigenvalue weighted by molar-refractivity contribution is -0.140. The Morgan fingerprint density at radius 3 is 2.41 bits per heavy atom. The number of piperidine rings is 1. The number of nitrogens with zero attached hydrogens (tertiary/aromatic N) is 6. The fourth-order valence-electron chi connectivity index (χ4n) is 3.77. The summed E-state index contributed by atoms with van der Waals surface area (Å²) < 4.78 is 77.2. The third-order valence-corrected chi connectivity index (χ3v) is 6.80. The summed E-state index contributed by atoms with van der Waals surface area (Å²) in [4.78, 5) is 17.6. The van der Waals surface area contributed by atoms with Crippen molar-refractivity contribution in [3.05, 3.63) is 18.0 Å². The molecule has 0 aromatic carbocycles. The number of sulfonamides is 1. The predicted octanol–water partition coefficient (Wildman–Crippen LogP) is 1.17. The van der Waals surface area contributed by atoms with Crippen molar-refractivity contribution in [2.75, 3.05) is 56.3 Å². The maximum atomic E-state index is 13.7. The number of rotatable bonds is 5. The van der Waals surface area contributed by atoms with Crippen LogP contribution >= 0.6 is 0 Å². The Morgan fingerprint density at radius 2 is 1.79 bits per heavy atom. The molecule has 0 unspecified atom stereocenters. The predicted molar refractivity (Wildman–Crippen MR) is 116 cm³/mol. The molecule has 4 heterocycles. The smallest absolute Gasteiger partial charge is 0.434 e. The van der Waals surface area contributed by atoms with Gasteiger partial charge in [-0.3, -0.25) is 0 Å². The van der Waals surface area contributed by atoms with Gasteiger partial charge < -0.3 is 20.1 Å². The SMILES string of the molecule is CS(=O)(=O)N1CCC(Oc2cc(-c3cnc(N)nc3C(F)(F)F)nc(N3CCOCC3)n2)CC1. The molecule has 2 aromatic heterocycles. The zero-order chi connectivity index (χ0) is 24.5. The lowest BCUT2D eigenvalue weighted by Crippen LogP contribution is -2.41. The van der Waals surface area contributed by atoms with Gasteiger partial charge in [-0.15, -0.1) is 0 Å². The monoisotopic (exact) mass is 503 g/mol. The summed E-state index contributed by atoms with van der Waals surface area (Å²) in [7, 11) is -3.31. The number of nitrogens with two attached hydrogens (primary N) is 1. The van der Waals surface area contributed by atoms with E-state index in [4.69, 9.17) is 15.2 Å². The molecule has 0 atom stereocenters. The maximum Gasteiger partial charge on any atom is 0.434 e. The number of hydrogen-bond donors (Lipinski definition) is 1. The van der Waals surface area contributed by atoms with Crippen molar-refractivity contribution in [3.63, 3.8) is 0 Å². The number of nitrogen functional groups attached to an aromatic ring is 1. The molecule has 0 aliphatic carbocycles. The second-order valence-corrected chi connectivity index (χ2v) is 9.94. The number of anilines is 2. The fourth-order valence-corrected chi connectivity index (χ4v) is 4.64. The summed E-state index contributed by atoms with van der Waals surface area (Å²) in [6.07, 6.45) is -2.19. The molecule has 2 aromatic rings. The fraction of sp³-hybridized carbons (Fsp3) is 0.579. The van der Waals surface area contributed by atoms with E-state index < -0.39 is 27.8 Å². The van der Waals surface area contributed by atoms with Crippen molar-refractivity contribution in [1.29, 1.82) is 0 Å². The lowest BCUT2D eigenvalue weighted by atomic mass is 10.1. The third kappa shape index (κ3) is 5.64. The number of halogens is 3. The molecule has 2 aliphatic heterocycles. The van der Waals surface area contributed by atoms with Crippen molar-refractivity contribution in [1.82, 2.24) is 24.2 Å². The first-order valence-electron chi connectivity index (χ1n) is 10.5. The van der Waals surface area contributed by atoms with E-state index in [-0.39, 0.29) is 42.3 Å². The van der Waals surface area contributed by atoms with Gasteiger partial charge in [-0.2, -0.15) is 18.2 Å². The number of morpholine rings is 1. The van der Waals surface area contributed by atoms with E-state index in [1.165, 1.54) is 10.4 Å². The largest absolute Gasteiger partial charge is 0.474 e. The van der Waals surface area contributed by atoms with Crippen LogP contribution in [0.25, 0.3) is 11.3 Å². The molecular weight excluding hydrogens is 479 g/mol. The van der Waals surface area contributed by atoms with Gasteiger partial charge in [-0.1, -0.05) is 0 Å². The third-order valence-electron chi connectivity index (χ3n) is 5.49. The Bertz CT molecular complexity index is 1140. The van der Waals surface area contributed by atoms with Crippen LogP contribution in [0.3, 0.4) is 0 Å². The Hall–Kier alpha value is -2.78. The summed E-state index contributed by atoms with van der Waals surface area (Å²) in [6, 6.07) is 1.30. The van der Waals surface area contributed by atoms with E-state index in [0.29, 0.717) is 39.1 Å². The lowest BCUT2D eigenvalue weighted by Gasteiger charge is -2.31. The molecule has 2 aliphatic rings. The first kappa shape index (κ1) is 24.3. The highest BCUT2D eigenvalue weighted by molar-refractivity contribution is 7.88. The minimum atomic E-state index is -4.78. The van der Waals surface area contributed by atoms with Gasteiger partial charge in [0, 0.05) is 44.0 Å². The molecule has 0 radical (unpaired) electrons. The molecule has 11 nitrogen and oxygen atoms in total. The molecule has 0 amide bonds. The summed E-state index contributed by atoms with van der Waals surface area (Å²) in [5.74, 6) is -0.240. The average Bonchev–Trinajstić information content (AvgIpc) is 2.78. The van der Waals surface area contributed by atoms with Crippen LogP contribution in [0.1, 0.15) is 18.5 Å². The van der Waals surface area contributed by atoms with Gasteiger partial charge in [0.05, 0.1) is 25.2 Å². The second kappa shape index (κ2) is 9.46. The van der Waals surface area contributed by atoms with Crippen LogP contribution in [0.5, 0.6) is 5.88 Å². The van der Waals surface area contributed by atoms with E-state index in [1.807, 2.05) is 0 Å². The Balaban J connectivity index is 1.68. The van der Waals surface area contributed by atoms with Crippen LogP contribution in [0, 0.1) is 0 Å². The van der Waals surface area contributed by atoms with Gasteiger partial charge in [0.2, 0.25) is 27.8 Å². The molecule has 15 heteroatoms. The van der Waals surface area contributed by atoms with Crippen LogP contribution in [-0.2, 0) is 20.9 Å². The van der Waals surface area contributed by atoms with Crippen LogP contribution in [0.4, 0.5) is 25.1 Å². The van der Waals surface area contributed by atoms with Crippen molar-refractivity contribution >= 4 is 21.9 Å². The van der Waals surface area contributed by atoms with Crippen LogP contribution in [0.2, 0.25) is 0 Å². The van der Waals surface area contributed by atoms with Gasteiger partial charge >= 0.3 is 6.18 Å². The Morgan fingerprint density at radius 1 is 1.12 bits per heavy atom. The standard InChI is InChI=1S/C19H24F3N7O4S/c1-34(30,31)29-4-2-12(3-5-29)33-15-10-14(25-18(26-15)28-6-8-32-9-7-28)13-11-24-17(23)27-16(13)19(20,21)22/h10-12H,2-9H2,1H3,(H2,23,24,27). The molecule has 2 saturated heterocycles. The first-order chi connectivity index (χ1) is 16.0. The molecule has 2 N–H and O–H groups in total. The van der Waals surface area contributed by atoms with Crippen LogP contribution in [-0.4, -0.2) is 84.4 Å². The normalized spacial score (nSPS) is 18.8. The van der Waals surface area contributed by atoms with Crippen LogP contribution in [0.15, 0.2) is 12.3 Å². The van der Waals surface area contributed by atoms with Gasteiger partial charge in [-0.05, 0) is 12.8 Å². The van der Waals surface area contributed by atoms with Crippen molar-refractivity contribution in [2.24, 2.45) is 0 Å². The summed E-state index contributed by atoms with van der Waals surface area (Å²) in [6.45, 7) is 2.32. The van der Waals surface area contributed by atoms with E-state index in [0.717, 1.165) is 12.5 Å². The van der Waals surface area contributed by atoms with Crippen molar-refractivity contribution in [3.8, 4) is 17.1 Å². The number of ether oxygens (including phenoxy) is 2. The van der Waals surface area contributed by atoms with Crippen molar-refractivity contribution < 1.29 is 31.1 Å². The second-order valence-electron chi connectivity index (χ2n) is 7.96. The molecular formula is C19H24F3N7O4S. The zero-order valence-electron chi connectivity index (χ0n) is 18.3. The Kier molecular flexibility index (Phi) is 6.78. The first-order valence-corrected chi connectivity index (χ1v) is 12.4. The highest BCUT2D eigenvalue weighted by Gasteiger charge is 2.37. The minimum Gasteiger partial charge on any atom is -0.474 e. The molecule has 34 heavy (non-hydrogen) atoms. The van der Waals surface area contributed by atoms with Gasteiger partial charge in [-0.25, -0.2) is 27.7 Å². The van der Waals surface area contributed by atoms with E-state index in [9.17, 15) is 21.6 Å². The van der Waals surface area contributed by atoms with Gasteiger partial charge in [0.1, 0.15) is 6.10 Å². The maximum absolute atomic E-state index is 13.7. The highest BCUT2D eigenvalue weighted by atomic mass is 32.2. The van der Waals surface area contributed by atoms with E-state index in [1.54, 1.807) is 4.90 Å². The topological polar surface area (TPSA) is 137 Å². The van der Waals surface area contributed by atoms with Crippen molar-refractivity contribution in [2.45, 2.75) is 25.1 Å². The summed E-state index contributed by atoms with van der Waals surface area (Å²) in [5.41, 5.74) is 3.77. The molecule has 186 valence electrons. The molecule has 2 fully saturated rings. The number of aromatic nitrogens is 4. The van der Waals surface area contributed by atoms with Gasteiger partial charge in [0.15, 0.2) is 5.69 Å². The summed E-state index contributed by atoms with van der Waals surface area (Å²) in [5, 5.41) is 0. The Labute approximate surface area is 194 Å². The zero-order valence-corrected chi connectivity index (χ0v) is 19.1. The average molecular weight is 504 g/mol. The van der Waals surface area contributed by atoms with E-state index in [2.05, 4.69) is 19.9 Å². The number of alkyl halides is 3. The molecule has 0 spiro atoms. The quantitative estimate of drug-likeness (QED) is 0.633.